The van der Waals surface area contributed by atoms with Gasteiger partial charge in [-0.05, 0) is 36.3 Å². The largest absolute Gasteiger partial charge is 0.497 e. The number of ether oxygens (including phenoxy) is 2. The highest BCUT2D eigenvalue weighted by Gasteiger charge is 2.07. The fourth-order valence-corrected chi connectivity index (χ4v) is 1.95. The summed E-state index contributed by atoms with van der Waals surface area (Å²) in [5.74, 6) is 1.34. The quantitative estimate of drug-likeness (QED) is 0.934. The molecule has 0 aliphatic heterocycles. The van der Waals surface area contributed by atoms with Crippen LogP contribution >= 0.6 is 0 Å². The molecule has 0 saturated carbocycles. The lowest BCUT2D eigenvalue weighted by atomic mass is 10.1. The second kappa shape index (κ2) is 6.59. The summed E-state index contributed by atoms with van der Waals surface area (Å²) in [6.45, 7) is 1.69. The van der Waals surface area contributed by atoms with E-state index in [9.17, 15) is 4.79 Å². The van der Waals surface area contributed by atoms with E-state index in [2.05, 4.69) is 10.2 Å². The van der Waals surface area contributed by atoms with Gasteiger partial charge in [-0.2, -0.15) is 10.4 Å². The summed E-state index contributed by atoms with van der Waals surface area (Å²) < 4.78 is 10.4. The Bertz CT molecular complexity index is 794. The Morgan fingerprint density at radius 3 is 2.36 bits per heavy atom. The summed E-state index contributed by atoms with van der Waals surface area (Å²) in [6.07, 6.45) is 3.53. The number of nitrogens with zero attached hydrogens (tertiary/aromatic N) is 2. The number of aromatic amines is 1. The van der Waals surface area contributed by atoms with Crippen LogP contribution in [-0.4, -0.2) is 24.4 Å². The first-order valence-electron chi connectivity index (χ1n) is 6.49. The van der Waals surface area contributed by atoms with Gasteiger partial charge in [-0.15, -0.1) is 0 Å². The molecule has 1 heterocycles. The third-order valence-corrected chi connectivity index (χ3v) is 3.18. The van der Waals surface area contributed by atoms with Gasteiger partial charge < -0.3 is 9.47 Å². The van der Waals surface area contributed by atoms with Crippen LogP contribution in [0, 0.1) is 18.3 Å². The van der Waals surface area contributed by atoms with Gasteiger partial charge in [0.05, 0.1) is 19.9 Å². The third-order valence-electron chi connectivity index (χ3n) is 3.18. The minimum atomic E-state index is -0.486. The first-order chi connectivity index (χ1) is 10.6. The first kappa shape index (κ1) is 15.3. The highest BCUT2D eigenvalue weighted by Crippen LogP contribution is 2.23. The number of hydrogen-bond donors (Lipinski definition) is 1. The van der Waals surface area contributed by atoms with Gasteiger partial charge in [-0.3, -0.25) is 4.79 Å². The Morgan fingerprint density at radius 2 is 1.82 bits per heavy atom. The standard InChI is InChI=1S/C16H15N3O3/c1-10-14(9-17)16(20)19-18-15(10)5-4-11-6-12(21-2)8-13(7-11)22-3/h4-8H,1-3H3,(H,19,20)/b5-4+. The van der Waals surface area contributed by atoms with Crippen molar-refractivity contribution in [1.82, 2.24) is 10.2 Å². The Kier molecular flexibility index (Phi) is 4.59. The molecular formula is C16H15N3O3. The normalized spacial score (nSPS) is 10.5. The second-order valence-corrected chi connectivity index (χ2v) is 4.53. The Labute approximate surface area is 127 Å². The average molecular weight is 297 g/mol. The predicted octanol–water partition coefficient (Wildman–Crippen LogP) is 2.14. The number of H-pyrrole nitrogens is 1. The number of nitriles is 1. The van der Waals surface area contributed by atoms with Crippen molar-refractivity contribution in [3.05, 3.63) is 50.9 Å². The van der Waals surface area contributed by atoms with Crippen molar-refractivity contribution in [3.63, 3.8) is 0 Å². The lowest BCUT2D eigenvalue weighted by molar-refractivity contribution is 0.394. The van der Waals surface area contributed by atoms with Gasteiger partial charge in [0.15, 0.2) is 0 Å². The maximum atomic E-state index is 11.5. The molecule has 22 heavy (non-hydrogen) atoms. The van der Waals surface area contributed by atoms with E-state index in [0.29, 0.717) is 22.8 Å². The van der Waals surface area contributed by atoms with E-state index in [1.807, 2.05) is 18.2 Å². The zero-order chi connectivity index (χ0) is 16.1. The molecule has 2 rings (SSSR count). The molecule has 1 aromatic carbocycles. The first-order valence-corrected chi connectivity index (χ1v) is 6.49. The molecule has 0 amide bonds. The van der Waals surface area contributed by atoms with Crippen LogP contribution in [0.5, 0.6) is 11.5 Å². The Balaban J connectivity index is 2.41. The van der Waals surface area contributed by atoms with Gasteiger partial charge in [0.1, 0.15) is 23.1 Å². The zero-order valence-electron chi connectivity index (χ0n) is 12.5. The summed E-state index contributed by atoms with van der Waals surface area (Å²) in [7, 11) is 3.16. The molecule has 112 valence electrons. The lowest BCUT2D eigenvalue weighted by Crippen LogP contribution is -2.15. The van der Waals surface area contributed by atoms with E-state index in [4.69, 9.17) is 14.7 Å². The topological polar surface area (TPSA) is 88.0 Å². The van der Waals surface area contributed by atoms with E-state index < -0.39 is 5.56 Å². The van der Waals surface area contributed by atoms with Crippen LogP contribution in [0.15, 0.2) is 23.0 Å². The Morgan fingerprint density at radius 1 is 1.18 bits per heavy atom. The summed E-state index contributed by atoms with van der Waals surface area (Å²) in [5.41, 5.74) is 1.50. The molecule has 0 spiro atoms. The number of hydrogen-bond acceptors (Lipinski definition) is 5. The van der Waals surface area contributed by atoms with Crippen LogP contribution in [0.2, 0.25) is 0 Å². The Hall–Kier alpha value is -3.07. The molecule has 0 fully saturated rings. The number of nitrogens with one attached hydrogen (secondary N) is 1. The van der Waals surface area contributed by atoms with Crippen molar-refractivity contribution in [2.75, 3.05) is 14.2 Å². The molecule has 6 heteroatoms. The van der Waals surface area contributed by atoms with Crippen LogP contribution in [0.4, 0.5) is 0 Å². The molecule has 1 N–H and O–H groups in total. The maximum Gasteiger partial charge on any atom is 0.282 e. The van der Waals surface area contributed by atoms with Gasteiger partial charge in [0.25, 0.3) is 5.56 Å². The number of benzene rings is 1. The third kappa shape index (κ3) is 3.15. The average Bonchev–Trinajstić information content (AvgIpc) is 2.54. The fraction of sp³-hybridized carbons (Fsp3) is 0.188. The number of aromatic nitrogens is 2. The summed E-state index contributed by atoms with van der Waals surface area (Å²) in [5, 5.41) is 15.3. The van der Waals surface area contributed by atoms with Crippen molar-refractivity contribution in [2.24, 2.45) is 0 Å². The van der Waals surface area contributed by atoms with Crippen molar-refractivity contribution < 1.29 is 9.47 Å². The SMILES string of the molecule is COc1cc(/C=C/c2n[nH]c(=O)c(C#N)c2C)cc(OC)c1. The second-order valence-electron chi connectivity index (χ2n) is 4.53. The van der Waals surface area contributed by atoms with Crippen LogP contribution in [0.25, 0.3) is 12.2 Å². The number of methoxy groups -OCH3 is 2. The highest BCUT2D eigenvalue weighted by molar-refractivity contribution is 5.71. The van der Waals surface area contributed by atoms with Crippen molar-refractivity contribution >= 4 is 12.2 Å². The van der Waals surface area contributed by atoms with E-state index >= 15 is 0 Å². The van der Waals surface area contributed by atoms with Crippen LogP contribution < -0.4 is 15.0 Å². The molecular weight excluding hydrogens is 282 g/mol. The highest BCUT2D eigenvalue weighted by atomic mass is 16.5. The summed E-state index contributed by atoms with van der Waals surface area (Å²) in [6, 6.07) is 7.33. The molecule has 0 unspecified atom stereocenters. The van der Waals surface area contributed by atoms with E-state index in [1.165, 1.54) is 0 Å². The van der Waals surface area contributed by atoms with Crippen molar-refractivity contribution in [1.29, 1.82) is 5.26 Å². The smallest absolute Gasteiger partial charge is 0.282 e. The van der Waals surface area contributed by atoms with Gasteiger partial charge >= 0.3 is 0 Å². The molecule has 0 saturated heterocycles. The predicted molar refractivity (Wildman–Crippen MR) is 82.8 cm³/mol. The van der Waals surface area contributed by atoms with E-state index in [0.717, 1.165) is 5.56 Å². The maximum absolute atomic E-state index is 11.5. The van der Waals surface area contributed by atoms with E-state index in [1.54, 1.807) is 39.4 Å². The summed E-state index contributed by atoms with van der Waals surface area (Å²) in [4.78, 5) is 11.5. The zero-order valence-corrected chi connectivity index (χ0v) is 12.5. The van der Waals surface area contributed by atoms with Gasteiger partial charge in [0, 0.05) is 6.07 Å². The molecule has 0 aliphatic rings. The number of rotatable bonds is 4. The fourth-order valence-electron chi connectivity index (χ4n) is 1.95. The van der Waals surface area contributed by atoms with Crippen LogP contribution in [0.3, 0.4) is 0 Å². The lowest BCUT2D eigenvalue weighted by Gasteiger charge is -2.06. The minimum Gasteiger partial charge on any atom is -0.497 e. The molecule has 2 aromatic rings. The molecule has 1 aromatic heterocycles. The molecule has 0 atom stereocenters. The van der Waals surface area contributed by atoms with Gasteiger partial charge in [-0.1, -0.05) is 6.08 Å². The van der Waals surface area contributed by atoms with E-state index in [-0.39, 0.29) is 5.56 Å². The van der Waals surface area contributed by atoms with Crippen LogP contribution in [0.1, 0.15) is 22.4 Å². The molecule has 0 aliphatic carbocycles. The minimum absolute atomic E-state index is 0.0675. The molecule has 0 radical (unpaired) electrons. The van der Waals surface area contributed by atoms with Gasteiger partial charge in [0.2, 0.25) is 0 Å². The monoisotopic (exact) mass is 297 g/mol. The molecule has 0 bridgehead atoms. The molecule has 6 nitrogen and oxygen atoms in total. The van der Waals surface area contributed by atoms with Crippen LogP contribution in [-0.2, 0) is 0 Å². The van der Waals surface area contributed by atoms with Crippen molar-refractivity contribution in [2.45, 2.75) is 6.92 Å². The summed E-state index contributed by atoms with van der Waals surface area (Å²) >= 11 is 0. The van der Waals surface area contributed by atoms with Crippen molar-refractivity contribution in [3.8, 4) is 17.6 Å². The van der Waals surface area contributed by atoms with Gasteiger partial charge in [-0.25, -0.2) is 5.10 Å².